The molecule has 1 N–H and O–H groups in total. The van der Waals surface area contributed by atoms with E-state index in [-0.39, 0.29) is 0 Å². The van der Waals surface area contributed by atoms with Gasteiger partial charge in [-0.25, -0.2) is 4.79 Å². The Morgan fingerprint density at radius 2 is 2.25 bits per heavy atom. The second kappa shape index (κ2) is 6.23. The van der Waals surface area contributed by atoms with E-state index in [9.17, 15) is 4.79 Å². The van der Waals surface area contributed by atoms with Gasteiger partial charge in [0, 0.05) is 17.1 Å². The molecule has 0 bridgehead atoms. The van der Waals surface area contributed by atoms with Crippen LogP contribution in [-0.4, -0.2) is 19.8 Å². The standard InChI is InChI=1S/C11H14ClNO3/c1-3-16-11(14)13-7-8-6-9(12)4-5-10(8)15-2/h4-6H,3,7H2,1-2H3,(H,13,14). The predicted molar refractivity (Wildman–Crippen MR) is 61.9 cm³/mol. The van der Waals surface area contributed by atoms with Crippen LogP contribution in [0.5, 0.6) is 5.75 Å². The molecule has 0 aromatic heterocycles. The predicted octanol–water partition coefficient (Wildman–Crippen LogP) is 2.59. The molecule has 0 saturated heterocycles. The van der Waals surface area contributed by atoms with E-state index in [2.05, 4.69) is 5.32 Å². The van der Waals surface area contributed by atoms with Gasteiger partial charge in [0.25, 0.3) is 0 Å². The average Bonchev–Trinajstić information content (AvgIpc) is 2.27. The van der Waals surface area contributed by atoms with Crippen LogP contribution < -0.4 is 10.1 Å². The summed E-state index contributed by atoms with van der Waals surface area (Å²) < 4.78 is 9.89. The molecular weight excluding hydrogens is 230 g/mol. The third kappa shape index (κ3) is 3.62. The number of amides is 1. The molecule has 0 saturated carbocycles. The number of halogens is 1. The highest BCUT2D eigenvalue weighted by atomic mass is 35.5. The van der Waals surface area contributed by atoms with Crippen LogP contribution in [0, 0.1) is 0 Å². The minimum Gasteiger partial charge on any atom is -0.496 e. The van der Waals surface area contributed by atoms with E-state index in [1.807, 2.05) is 0 Å². The molecule has 1 rings (SSSR count). The molecule has 0 fully saturated rings. The van der Waals surface area contributed by atoms with Gasteiger partial charge in [-0.1, -0.05) is 11.6 Å². The molecule has 0 radical (unpaired) electrons. The fourth-order valence-electron chi connectivity index (χ4n) is 1.23. The summed E-state index contributed by atoms with van der Waals surface area (Å²) in [7, 11) is 1.57. The normalized spacial score (nSPS) is 9.69. The summed E-state index contributed by atoms with van der Waals surface area (Å²) in [5, 5.41) is 3.20. The largest absolute Gasteiger partial charge is 0.496 e. The maximum Gasteiger partial charge on any atom is 0.407 e. The lowest BCUT2D eigenvalue weighted by Crippen LogP contribution is -2.23. The SMILES string of the molecule is CCOC(=O)NCc1cc(Cl)ccc1OC. The number of hydrogen-bond acceptors (Lipinski definition) is 3. The molecule has 1 aromatic rings. The van der Waals surface area contributed by atoms with Gasteiger partial charge in [0.2, 0.25) is 0 Å². The molecule has 0 unspecified atom stereocenters. The minimum atomic E-state index is -0.454. The van der Waals surface area contributed by atoms with E-state index in [4.69, 9.17) is 21.1 Å². The van der Waals surface area contributed by atoms with E-state index >= 15 is 0 Å². The molecule has 0 atom stereocenters. The first-order chi connectivity index (χ1) is 7.67. The van der Waals surface area contributed by atoms with E-state index in [0.29, 0.717) is 23.9 Å². The van der Waals surface area contributed by atoms with Gasteiger partial charge in [0.1, 0.15) is 5.75 Å². The number of carbonyl (C=O) groups excluding carboxylic acids is 1. The van der Waals surface area contributed by atoms with Crippen LogP contribution in [0.25, 0.3) is 0 Å². The Morgan fingerprint density at radius 3 is 2.88 bits per heavy atom. The minimum absolute atomic E-state index is 0.322. The molecule has 4 nitrogen and oxygen atoms in total. The maximum absolute atomic E-state index is 11.1. The summed E-state index contributed by atoms with van der Waals surface area (Å²) in [5.74, 6) is 0.682. The maximum atomic E-state index is 11.1. The van der Waals surface area contributed by atoms with E-state index < -0.39 is 6.09 Å². The Bertz CT molecular complexity index is 368. The van der Waals surface area contributed by atoms with Crippen molar-refractivity contribution in [1.29, 1.82) is 0 Å². The highest BCUT2D eigenvalue weighted by Gasteiger charge is 2.06. The third-order valence-electron chi connectivity index (χ3n) is 1.94. The molecule has 88 valence electrons. The number of alkyl carbamates (subject to hydrolysis) is 1. The molecule has 0 spiro atoms. The van der Waals surface area contributed by atoms with Crippen LogP contribution in [0.2, 0.25) is 5.02 Å². The Balaban J connectivity index is 2.65. The Hall–Kier alpha value is -1.42. The summed E-state index contributed by atoms with van der Waals surface area (Å²) in [6.45, 7) is 2.42. The fourth-order valence-corrected chi connectivity index (χ4v) is 1.43. The molecule has 0 aliphatic rings. The summed E-state index contributed by atoms with van der Waals surface area (Å²) in [6, 6.07) is 5.23. The molecule has 0 heterocycles. The Labute approximate surface area is 99.5 Å². The molecule has 1 amide bonds. The number of rotatable bonds is 4. The van der Waals surface area contributed by atoms with Crippen molar-refractivity contribution in [3.8, 4) is 5.75 Å². The van der Waals surface area contributed by atoms with Crippen LogP contribution in [-0.2, 0) is 11.3 Å². The third-order valence-corrected chi connectivity index (χ3v) is 2.18. The van der Waals surface area contributed by atoms with Gasteiger partial charge in [-0.15, -0.1) is 0 Å². The van der Waals surface area contributed by atoms with Gasteiger partial charge < -0.3 is 14.8 Å². The van der Waals surface area contributed by atoms with Crippen molar-refractivity contribution >= 4 is 17.7 Å². The van der Waals surface area contributed by atoms with Gasteiger partial charge in [0.15, 0.2) is 0 Å². The monoisotopic (exact) mass is 243 g/mol. The van der Waals surface area contributed by atoms with Gasteiger partial charge in [-0.3, -0.25) is 0 Å². The Kier molecular flexibility index (Phi) is 4.92. The van der Waals surface area contributed by atoms with Gasteiger partial charge in [-0.2, -0.15) is 0 Å². The first kappa shape index (κ1) is 12.6. The zero-order valence-electron chi connectivity index (χ0n) is 9.25. The summed E-state index contributed by atoms with van der Waals surface area (Å²) in [5.41, 5.74) is 0.808. The molecule has 0 aliphatic heterocycles. The quantitative estimate of drug-likeness (QED) is 0.884. The van der Waals surface area contributed by atoms with E-state index in [1.165, 1.54) is 0 Å². The van der Waals surface area contributed by atoms with Gasteiger partial charge in [0.05, 0.1) is 13.7 Å². The number of benzene rings is 1. The van der Waals surface area contributed by atoms with Crippen LogP contribution in [0.3, 0.4) is 0 Å². The molecule has 1 aromatic carbocycles. The zero-order chi connectivity index (χ0) is 12.0. The zero-order valence-corrected chi connectivity index (χ0v) is 10.0. The van der Waals surface area contributed by atoms with Crippen molar-refractivity contribution in [2.24, 2.45) is 0 Å². The fraction of sp³-hybridized carbons (Fsp3) is 0.364. The summed E-state index contributed by atoms with van der Waals surface area (Å²) >= 11 is 5.85. The summed E-state index contributed by atoms with van der Waals surface area (Å²) in [6.07, 6.45) is -0.454. The second-order valence-electron chi connectivity index (χ2n) is 3.03. The van der Waals surface area contributed by atoms with Crippen LogP contribution in [0.4, 0.5) is 4.79 Å². The molecule has 5 heteroatoms. The number of nitrogens with one attached hydrogen (secondary N) is 1. The number of ether oxygens (including phenoxy) is 2. The molecule has 16 heavy (non-hydrogen) atoms. The van der Waals surface area contributed by atoms with Crippen molar-refractivity contribution in [2.75, 3.05) is 13.7 Å². The highest BCUT2D eigenvalue weighted by Crippen LogP contribution is 2.22. The average molecular weight is 244 g/mol. The van der Waals surface area contributed by atoms with Crippen molar-refractivity contribution < 1.29 is 14.3 Å². The van der Waals surface area contributed by atoms with Crippen molar-refractivity contribution in [3.63, 3.8) is 0 Å². The van der Waals surface area contributed by atoms with Crippen molar-refractivity contribution in [3.05, 3.63) is 28.8 Å². The van der Waals surface area contributed by atoms with Crippen LogP contribution in [0.1, 0.15) is 12.5 Å². The van der Waals surface area contributed by atoms with Gasteiger partial charge >= 0.3 is 6.09 Å². The molecular formula is C11H14ClNO3. The number of hydrogen-bond donors (Lipinski definition) is 1. The number of carbonyl (C=O) groups is 1. The molecule has 0 aliphatic carbocycles. The lowest BCUT2D eigenvalue weighted by Gasteiger charge is -2.09. The Morgan fingerprint density at radius 1 is 1.50 bits per heavy atom. The number of methoxy groups -OCH3 is 1. The lowest BCUT2D eigenvalue weighted by molar-refractivity contribution is 0.151. The van der Waals surface area contributed by atoms with Crippen LogP contribution in [0.15, 0.2) is 18.2 Å². The summed E-state index contributed by atoms with van der Waals surface area (Å²) in [4.78, 5) is 11.1. The highest BCUT2D eigenvalue weighted by molar-refractivity contribution is 6.30. The van der Waals surface area contributed by atoms with Crippen molar-refractivity contribution in [1.82, 2.24) is 5.32 Å². The van der Waals surface area contributed by atoms with Crippen molar-refractivity contribution in [2.45, 2.75) is 13.5 Å². The smallest absolute Gasteiger partial charge is 0.407 e. The first-order valence-electron chi connectivity index (χ1n) is 4.90. The van der Waals surface area contributed by atoms with E-state index in [0.717, 1.165) is 5.56 Å². The topological polar surface area (TPSA) is 47.6 Å². The van der Waals surface area contributed by atoms with Crippen LogP contribution >= 0.6 is 11.6 Å². The lowest BCUT2D eigenvalue weighted by atomic mass is 10.2. The first-order valence-corrected chi connectivity index (χ1v) is 5.28. The van der Waals surface area contributed by atoms with Gasteiger partial charge in [-0.05, 0) is 25.1 Å². The second-order valence-corrected chi connectivity index (χ2v) is 3.47. The van der Waals surface area contributed by atoms with E-state index in [1.54, 1.807) is 32.2 Å².